The summed E-state index contributed by atoms with van der Waals surface area (Å²) < 4.78 is 0. The van der Waals surface area contributed by atoms with E-state index in [1.807, 2.05) is 6.92 Å². The maximum absolute atomic E-state index is 12.1. The molecule has 1 aromatic heterocycles. The van der Waals surface area contributed by atoms with Gasteiger partial charge in [0.05, 0.1) is 16.1 Å². The lowest BCUT2D eigenvalue weighted by molar-refractivity contribution is 0.0893. The zero-order valence-electron chi connectivity index (χ0n) is 9.46. The van der Waals surface area contributed by atoms with Crippen molar-refractivity contribution in [2.24, 2.45) is 5.73 Å². The van der Waals surface area contributed by atoms with E-state index < -0.39 is 5.54 Å². The van der Waals surface area contributed by atoms with Crippen molar-refractivity contribution in [1.82, 2.24) is 4.98 Å². The average Bonchev–Trinajstić information content (AvgIpc) is 2.20. The summed E-state index contributed by atoms with van der Waals surface area (Å²) in [7, 11) is 0. The van der Waals surface area contributed by atoms with Crippen molar-refractivity contribution in [3.05, 3.63) is 22.8 Å². The van der Waals surface area contributed by atoms with Crippen LogP contribution in [-0.2, 0) is 0 Å². The Morgan fingerprint density at radius 3 is 2.81 bits per heavy atom. The van der Waals surface area contributed by atoms with Crippen LogP contribution in [0.2, 0.25) is 5.02 Å². The Hall–Kier alpha value is -1.13. The molecule has 0 spiro atoms. The highest BCUT2D eigenvalue weighted by molar-refractivity contribution is 6.31. The molecule has 1 aromatic rings. The summed E-state index contributed by atoms with van der Waals surface area (Å²) in [6, 6.07) is 1.51. The van der Waals surface area contributed by atoms with Gasteiger partial charge in [0, 0.05) is 6.20 Å². The number of nitrogens with zero attached hydrogens (tertiary/aromatic N) is 1. The molecule has 0 saturated heterocycles. The first kappa shape index (κ1) is 12.9. The minimum absolute atomic E-state index is 0.169. The summed E-state index contributed by atoms with van der Waals surface area (Å²) in [5.74, 6) is -0.0518. The largest absolute Gasteiger partial charge is 0.383 e. The van der Waals surface area contributed by atoms with Crippen LogP contribution in [0.15, 0.2) is 12.3 Å². The Morgan fingerprint density at radius 2 is 2.25 bits per heavy atom. The molecule has 1 unspecified atom stereocenters. The van der Waals surface area contributed by atoms with Gasteiger partial charge in [-0.3, -0.25) is 4.79 Å². The van der Waals surface area contributed by atoms with Crippen molar-refractivity contribution in [2.75, 3.05) is 5.73 Å². The molecule has 0 saturated carbocycles. The van der Waals surface area contributed by atoms with Crippen LogP contribution in [0.1, 0.15) is 37.0 Å². The molecule has 1 atom stereocenters. The normalized spacial score (nSPS) is 14.5. The molecule has 1 heterocycles. The van der Waals surface area contributed by atoms with Crippen LogP contribution in [0.4, 0.5) is 5.82 Å². The fourth-order valence-corrected chi connectivity index (χ4v) is 1.73. The summed E-state index contributed by atoms with van der Waals surface area (Å²) in [6.07, 6.45) is 2.83. The number of rotatable bonds is 4. The van der Waals surface area contributed by atoms with E-state index >= 15 is 0 Å². The topological polar surface area (TPSA) is 82.0 Å². The van der Waals surface area contributed by atoms with Crippen molar-refractivity contribution in [3.63, 3.8) is 0 Å². The SMILES string of the molecule is CCCC(C)(N)C(=O)c1cc(Cl)cnc1N. The van der Waals surface area contributed by atoms with Crippen LogP contribution in [0, 0.1) is 0 Å². The third-order valence-corrected chi connectivity index (χ3v) is 2.62. The highest BCUT2D eigenvalue weighted by Crippen LogP contribution is 2.22. The lowest BCUT2D eigenvalue weighted by Gasteiger charge is -2.22. The van der Waals surface area contributed by atoms with E-state index in [4.69, 9.17) is 23.1 Å². The van der Waals surface area contributed by atoms with Gasteiger partial charge in [-0.25, -0.2) is 4.98 Å². The van der Waals surface area contributed by atoms with Crippen LogP contribution in [0.3, 0.4) is 0 Å². The fraction of sp³-hybridized carbons (Fsp3) is 0.455. The van der Waals surface area contributed by atoms with Gasteiger partial charge in [0.15, 0.2) is 5.78 Å². The number of Topliss-reactive ketones (excluding diaryl/α,β-unsaturated/α-hetero) is 1. The third kappa shape index (κ3) is 2.71. The monoisotopic (exact) mass is 241 g/mol. The van der Waals surface area contributed by atoms with E-state index in [-0.39, 0.29) is 11.6 Å². The molecule has 5 heteroatoms. The van der Waals surface area contributed by atoms with Gasteiger partial charge in [-0.05, 0) is 19.4 Å². The number of aromatic nitrogens is 1. The fourth-order valence-electron chi connectivity index (χ4n) is 1.57. The molecule has 0 fully saturated rings. The van der Waals surface area contributed by atoms with Gasteiger partial charge < -0.3 is 11.5 Å². The highest BCUT2D eigenvalue weighted by Gasteiger charge is 2.30. The molecule has 88 valence electrons. The van der Waals surface area contributed by atoms with Crippen molar-refractivity contribution in [2.45, 2.75) is 32.2 Å². The van der Waals surface area contributed by atoms with Crippen LogP contribution < -0.4 is 11.5 Å². The molecule has 0 aliphatic heterocycles. The van der Waals surface area contributed by atoms with E-state index in [0.29, 0.717) is 17.0 Å². The Balaban J connectivity index is 3.09. The number of nitrogens with two attached hydrogens (primary N) is 2. The first-order valence-electron chi connectivity index (χ1n) is 5.13. The summed E-state index contributed by atoms with van der Waals surface area (Å²) in [6.45, 7) is 3.66. The zero-order valence-corrected chi connectivity index (χ0v) is 10.2. The maximum Gasteiger partial charge on any atom is 0.186 e. The molecular formula is C11H16ClN3O. The van der Waals surface area contributed by atoms with E-state index in [0.717, 1.165) is 6.42 Å². The van der Waals surface area contributed by atoms with E-state index in [2.05, 4.69) is 4.98 Å². The molecule has 4 N–H and O–H groups in total. The molecule has 0 amide bonds. The maximum atomic E-state index is 12.1. The highest BCUT2D eigenvalue weighted by atomic mass is 35.5. The summed E-state index contributed by atoms with van der Waals surface area (Å²) in [4.78, 5) is 16.0. The lowest BCUT2D eigenvalue weighted by Crippen LogP contribution is -2.45. The van der Waals surface area contributed by atoms with Crippen LogP contribution >= 0.6 is 11.6 Å². The molecule has 4 nitrogen and oxygen atoms in total. The number of hydrogen-bond donors (Lipinski definition) is 2. The van der Waals surface area contributed by atoms with Gasteiger partial charge in [0.1, 0.15) is 5.82 Å². The first-order chi connectivity index (χ1) is 7.38. The van der Waals surface area contributed by atoms with Gasteiger partial charge in [-0.2, -0.15) is 0 Å². The molecule has 1 rings (SSSR count). The van der Waals surface area contributed by atoms with Gasteiger partial charge in [0.2, 0.25) is 0 Å². The second kappa shape index (κ2) is 4.80. The van der Waals surface area contributed by atoms with Crippen molar-refractivity contribution >= 4 is 23.2 Å². The van der Waals surface area contributed by atoms with E-state index in [1.54, 1.807) is 6.92 Å². The zero-order chi connectivity index (χ0) is 12.3. The third-order valence-electron chi connectivity index (χ3n) is 2.42. The Bertz CT molecular complexity index is 404. The number of pyridine rings is 1. The predicted octanol–water partition coefficient (Wildman–Crippen LogP) is 2.02. The molecular weight excluding hydrogens is 226 g/mol. The number of carbonyl (C=O) groups is 1. The van der Waals surface area contributed by atoms with Crippen LogP contribution in [-0.4, -0.2) is 16.3 Å². The second-order valence-electron chi connectivity index (χ2n) is 4.08. The molecule has 0 aromatic carbocycles. The number of ketones is 1. The number of hydrogen-bond acceptors (Lipinski definition) is 4. The molecule has 16 heavy (non-hydrogen) atoms. The van der Waals surface area contributed by atoms with Gasteiger partial charge in [-0.1, -0.05) is 24.9 Å². The predicted molar refractivity (Wildman–Crippen MR) is 65.5 cm³/mol. The number of halogens is 1. The van der Waals surface area contributed by atoms with E-state index in [9.17, 15) is 4.79 Å². The van der Waals surface area contributed by atoms with Gasteiger partial charge >= 0.3 is 0 Å². The molecule has 0 radical (unpaired) electrons. The van der Waals surface area contributed by atoms with Crippen molar-refractivity contribution in [1.29, 1.82) is 0 Å². The summed E-state index contributed by atoms with van der Waals surface area (Å²) >= 11 is 5.78. The van der Waals surface area contributed by atoms with Crippen LogP contribution in [0.25, 0.3) is 0 Å². The van der Waals surface area contributed by atoms with Gasteiger partial charge in [0.25, 0.3) is 0 Å². The lowest BCUT2D eigenvalue weighted by atomic mass is 9.88. The Morgan fingerprint density at radius 1 is 1.62 bits per heavy atom. The minimum Gasteiger partial charge on any atom is -0.383 e. The Kier molecular flexibility index (Phi) is 3.88. The van der Waals surface area contributed by atoms with E-state index in [1.165, 1.54) is 12.3 Å². The molecule has 0 aliphatic carbocycles. The van der Waals surface area contributed by atoms with Crippen LogP contribution in [0.5, 0.6) is 0 Å². The standard InChI is InChI=1S/C11H16ClN3O/c1-3-4-11(2,14)9(16)8-5-7(12)6-15-10(8)13/h5-6H,3-4,14H2,1-2H3,(H2,13,15). The quantitative estimate of drug-likeness (QED) is 0.790. The minimum atomic E-state index is -0.921. The second-order valence-corrected chi connectivity index (χ2v) is 4.52. The first-order valence-corrected chi connectivity index (χ1v) is 5.51. The number of nitrogen functional groups attached to an aromatic ring is 1. The van der Waals surface area contributed by atoms with Crippen molar-refractivity contribution < 1.29 is 4.79 Å². The number of carbonyl (C=O) groups excluding carboxylic acids is 1. The number of anilines is 1. The average molecular weight is 242 g/mol. The molecule has 0 bridgehead atoms. The summed E-state index contributed by atoms with van der Waals surface area (Å²) in [5, 5.41) is 0.379. The smallest absolute Gasteiger partial charge is 0.186 e. The Labute approximate surface area is 100.0 Å². The van der Waals surface area contributed by atoms with Gasteiger partial charge in [-0.15, -0.1) is 0 Å². The van der Waals surface area contributed by atoms with Crippen molar-refractivity contribution in [3.8, 4) is 0 Å². The summed E-state index contributed by atoms with van der Waals surface area (Å²) in [5.41, 5.74) is 11.0. The molecule has 0 aliphatic rings.